The van der Waals surface area contributed by atoms with Crippen molar-refractivity contribution in [3.8, 4) is 0 Å². The van der Waals surface area contributed by atoms with Crippen LogP contribution in [0.3, 0.4) is 0 Å². The van der Waals surface area contributed by atoms with Gasteiger partial charge in [0, 0.05) is 19.3 Å². The molecule has 174 valence electrons. The highest BCUT2D eigenvalue weighted by Crippen LogP contribution is 2.34. The second kappa shape index (κ2) is 13.4. The monoisotopic (exact) mass is 434 g/mol. The zero-order chi connectivity index (χ0) is 22.6. The van der Waals surface area contributed by atoms with Crippen molar-refractivity contribution in [2.24, 2.45) is 22.9 Å². The van der Waals surface area contributed by atoms with Crippen LogP contribution in [0.5, 0.6) is 0 Å². The fraction of sp³-hybridized carbons (Fsp3) is 0.708. The van der Waals surface area contributed by atoms with Crippen molar-refractivity contribution < 1.29 is 19.4 Å². The Morgan fingerprint density at radius 2 is 1.87 bits per heavy atom. The van der Waals surface area contributed by atoms with E-state index in [0.717, 1.165) is 44.6 Å². The molecule has 0 aromatic rings. The lowest BCUT2D eigenvalue weighted by Crippen LogP contribution is -2.43. The van der Waals surface area contributed by atoms with Crippen molar-refractivity contribution in [1.82, 2.24) is 4.90 Å². The van der Waals surface area contributed by atoms with E-state index < -0.39 is 5.97 Å². The fourth-order valence-electron chi connectivity index (χ4n) is 4.88. The first-order valence-electron chi connectivity index (χ1n) is 11.4. The van der Waals surface area contributed by atoms with Crippen LogP contribution >= 0.6 is 0 Å². The average molecular weight is 435 g/mol. The highest BCUT2D eigenvalue weighted by Gasteiger charge is 2.33. The Labute approximate surface area is 186 Å². The summed E-state index contributed by atoms with van der Waals surface area (Å²) in [6.07, 6.45) is 12.2. The van der Waals surface area contributed by atoms with E-state index in [2.05, 4.69) is 18.3 Å². The molecule has 2 aliphatic carbocycles. The predicted molar refractivity (Wildman–Crippen MR) is 121 cm³/mol. The lowest BCUT2D eigenvalue weighted by molar-refractivity contribution is -0.138. The molecule has 6 atom stereocenters. The molecule has 7 nitrogen and oxygen atoms in total. The van der Waals surface area contributed by atoms with Gasteiger partial charge in [0.2, 0.25) is 0 Å². The first kappa shape index (κ1) is 25.3. The lowest BCUT2D eigenvalue weighted by atomic mass is 9.77. The van der Waals surface area contributed by atoms with Crippen LogP contribution in [0.2, 0.25) is 0 Å². The molecule has 0 saturated heterocycles. The highest BCUT2D eigenvalue weighted by atomic mass is 16.5. The topological polar surface area (TPSA) is 88.4 Å². The Morgan fingerprint density at radius 1 is 1.16 bits per heavy atom. The van der Waals surface area contributed by atoms with Gasteiger partial charge in [0.15, 0.2) is 0 Å². The van der Waals surface area contributed by atoms with E-state index in [1.54, 1.807) is 6.20 Å². The van der Waals surface area contributed by atoms with E-state index in [9.17, 15) is 14.8 Å². The van der Waals surface area contributed by atoms with Gasteiger partial charge in [0.1, 0.15) is 0 Å². The Morgan fingerprint density at radius 3 is 2.52 bits per heavy atom. The number of nitroso groups, excluding NO2 is 1. The third-order valence-electron chi connectivity index (χ3n) is 6.60. The van der Waals surface area contributed by atoms with E-state index in [0.29, 0.717) is 31.5 Å². The molecule has 0 spiro atoms. The zero-order valence-corrected chi connectivity index (χ0v) is 18.7. The first-order valence-corrected chi connectivity index (χ1v) is 11.4. The number of aliphatic hydroxyl groups excluding tert-OH is 1. The zero-order valence-electron chi connectivity index (χ0n) is 18.7. The fourth-order valence-corrected chi connectivity index (χ4v) is 4.88. The number of carbonyl (C=O) groups is 1. The predicted octanol–water partition coefficient (Wildman–Crippen LogP) is 4.18. The van der Waals surface area contributed by atoms with Gasteiger partial charge in [-0.05, 0) is 82.0 Å². The summed E-state index contributed by atoms with van der Waals surface area (Å²) >= 11 is 0. The second-order valence-corrected chi connectivity index (χ2v) is 8.74. The van der Waals surface area contributed by atoms with Gasteiger partial charge >= 0.3 is 5.97 Å². The summed E-state index contributed by atoms with van der Waals surface area (Å²) in [6.45, 7) is 10.8. The summed E-state index contributed by atoms with van der Waals surface area (Å²) in [4.78, 5) is 24.4. The molecule has 0 aromatic heterocycles. The van der Waals surface area contributed by atoms with Crippen LogP contribution in [0.1, 0.15) is 51.9 Å². The van der Waals surface area contributed by atoms with Crippen molar-refractivity contribution in [3.05, 3.63) is 42.6 Å². The molecule has 2 saturated carbocycles. The van der Waals surface area contributed by atoms with Gasteiger partial charge in [-0.25, -0.2) is 4.79 Å². The number of rotatable bonds is 12. The largest absolute Gasteiger partial charge is 0.463 e. The molecule has 1 N–H and O–H groups in total. The molecular weight excluding hydrogens is 396 g/mol. The quantitative estimate of drug-likeness (QED) is 0.282. The van der Waals surface area contributed by atoms with Gasteiger partial charge in [-0.15, -0.1) is 0 Å². The number of esters is 1. The van der Waals surface area contributed by atoms with Crippen molar-refractivity contribution >= 4 is 5.97 Å². The molecule has 31 heavy (non-hydrogen) atoms. The molecule has 2 aliphatic rings. The Balaban J connectivity index is 1.77. The molecule has 0 amide bonds. The lowest BCUT2D eigenvalue weighted by Gasteiger charge is -2.39. The summed E-state index contributed by atoms with van der Waals surface area (Å²) in [5.41, 5.74) is 0. The maximum atomic E-state index is 11.2. The summed E-state index contributed by atoms with van der Waals surface area (Å²) in [7, 11) is 0. The van der Waals surface area contributed by atoms with Crippen LogP contribution in [-0.4, -0.2) is 54.0 Å². The molecule has 0 heterocycles. The standard InChI is InChI=1S/C24H38N2O5/c1-4-12-26(6-3)22-15-19(8-10-23(22)27)17-30-16-18-7-9-21(25-29)20(14-18)11-13-31-24(28)5-2/h4-6,12,18-23,27H,2-3,7-11,13-17H2,1H3/b12-4-. The summed E-state index contributed by atoms with van der Waals surface area (Å²) < 4.78 is 11.2. The van der Waals surface area contributed by atoms with Crippen molar-refractivity contribution in [3.63, 3.8) is 0 Å². The molecule has 0 bridgehead atoms. The average Bonchev–Trinajstić information content (AvgIpc) is 2.78. The molecular formula is C24H38N2O5. The summed E-state index contributed by atoms with van der Waals surface area (Å²) in [6, 6.07) is -0.177. The van der Waals surface area contributed by atoms with Gasteiger partial charge in [-0.1, -0.05) is 24.4 Å². The first-order chi connectivity index (χ1) is 15.0. The number of allylic oxidation sites excluding steroid dienone is 1. The van der Waals surface area contributed by atoms with E-state index in [1.165, 1.54) is 0 Å². The maximum Gasteiger partial charge on any atom is 0.330 e. The molecule has 2 fully saturated rings. The molecule has 0 radical (unpaired) electrons. The number of hydrogen-bond acceptors (Lipinski definition) is 7. The van der Waals surface area contributed by atoms with Crippen LogP contribution in [0.4, 0.5) is 0 Å². The van der Waals surface area contributed by atoms with Crippen molar-refractivity contribution in [1.29, 1.82) is 0 Å². The minimum atomic E-state index is -0.438. The summed E-state index contributed by atoms with van der Waals surface area (Å²) in [5, 5.41) is 13.7. The van der Waals surface area contributed by atoms with Gasteiger partial charge in [-0.2, -0.15) is 4.91 Å². The minimum Gasteiger partial charge on any atom is -0.463 e. The van der Waals surface area contributed by atoms with Crippen molar-refractivity contribution in [2.75, 3.05) is 19.8 Å². The van der Waals surface area contributed by atoms with Crippen molar-refractivity contribution in [2.45, 2.75) is 70.1 Å². The minimum absolute atomic E-state index is 0.0350. The number of hydrogen-bond donors (Lipinski definition) is 1. The van der Waals surface area contributed by atoms with Crippen LogP contribution in [-0.2, 0) is 14.3 Å². The highest BCUT2D eigenvalue weighted by molar-refractivity contribution is 5.81. The van der Waals surface area contributed by atoms with E-state index in [-0.39, 0.29) is 30.7 Å². The maximum absolute atomic E-state index is 11.2. The van der Waals surface area contributed by atoms with Gasteiger partial charge < -0.3 is 19.5 Å². The number of aliphatic hydroxyl groups is 1. The normalized spacial score (nSPS) is 31.2. The summed E-state index contributed by atoms with van der Waals surface area (Å²) in [5.74, 6) is 0.472. The molecule has 6 unspecified atom stereocenters. The van der Waals surface area contributed by atoms with Crippen LogP contribution in [0, 0.1) is 22.7 Å². The molecule has 0 aliphatic heterocycles. The van der Waals surface area contributed by atoms with Crippen LogP contribution < -0.4 is 0 Å². The SMILES string of the molecule is C=CC(=O)OCCC1CC(COCC2CCC(O)C(N(C=C)/C=C\C)C2)CCC1N=O. The van der Waals surface area contributed by atoms with E-state index in [4.69, 9.17) is 9.47 Å². The van der Waals surface area contributed by atoms with Gasteiger partial charge in [0.05, 0.1) is 24.8 Å². The van der Waals surface area contributed by atoms with Crippen LogP contribution in [0.15, 0.2) is 42.9 Å². The number of carbonyl (C=O) groups excluding carboxylic acids is 1. The third-order valence-corrected chi connectivity index (χ3v) is 6.60. The Kier molecular flexibility index (Phi) is 10.9. The number of nitrogens with zero attached hydrogens (tertiary/aromatic N) is 2. The molecule has 0 aromatic carbocycles. The molecule has 2 rings (SSSR count). The van der Waals surface area contributed by atoms with Gasteiger partial charge in [0.25, 0.3) is 0 Å². The third kappa shape index (κ3) is 7.89. The van der Waals surface area contributed by atoms with E-state index in [1.807, 2.05) is 24.1 Å². The second-order valence-electron chi connectivity index (χ2n) is 8.74. The Hall–Kier alpha value is -1.99. The number of ether oxygens (including phenoxy) is 2. The van der Waals surface area contributed by atoms with Gasteiger partial charge in [-0.3, -0.25) is 0 Å². The smallest absolute Gasteiger partial charge is 0.330 e. The molecule has 7 heteroatoms. The van der Waals surface area contributed by atoms with Crippen LogP contribution in [0.25, 0.3) is 0 Å². The Bertz CT molecular complexity index is 623. The van der Waals surface area contributed by atoms with E-state index >= 15 is 0 Å².